The van der Waals surface area contributed by atoms with Crippen LogP contribution in [0, 0.1) is 6.92 Å². The minimum atomic E-state index is 0.335. The van der Waals surface area contributed by atoms with Crippen LogP contribution >= 0.6 is 11.6 Å². The SMILES string of the molecule is COc1ccc(-n2c(CCl)nc3c(C)ccnc32)cc1. The highest BCUT2D eigenvalue weighted by Gasteiger charge is 2.14. The molecule has 3 rings (SSSR count). The van der Waals surface area contributed by atoms with Crippen LogP contribution in [0.4, 0.5) is 0 Å². The van der Waals surface area contributed by atoms with Crippen LogP contribution in [0.25, 0.3) is 16.9 Å². The molecule has 1 aromatic carbocycles. The van der Waals surface area contributed by atoms with Gasteiger partial charge in [-0.1, -0.05) is 0 Å². The Hall–Kier alpha value is -2.07. The number of ether oxygens (including phenoxy) is 1. The fraction of sp³-hybridized carbons (Fsp3) is 0.200. The zero-order valence-corrected chi connectivity index (χ0v) is 12.1. The van der Waals surface area contributed by atoms with Gasteiger partial charge in [0.1, 0.15) is 17.1 Å². The van der Waals surface area contributed by atoms with Crippen molar-refractivity contribution in [1.29, 1.82) is 0 Å². The molecule has 0 aliphatic rings. The van der Waals surface area contributed by atoms with Gasteiger partial charge in [0.15, 0.2) is 5.65 Å². The molecule has 0 radical (unpaired) electrons. The number of rotatable bonds is 3. The highest BCUT2D eigenvalue weighted by Crippen LogP contribution is 2.24. The third-order valence-electron chi connectivity index (χ3n) is 3.27. The monoisotopic (exact) mass is 287 g/mol. The molecule has 0 atom stereocenters. The van der Waals surface area contributed by atoms with Crippen molar-refractivity contribution in [3.63, 3.8) is 0 Å². The van der Waals surface area contributed by atoms with E-state index in [0.29, 0.717) is 5.88 Å². The van der Waals surface area contributed by atoms with E-state index in [0.717, 1.165) is 34.0 Å². The number of imidazole rings is 1. The van der Waals surface area contributed by atoms with Gasteiger partial charge in [0.2, 0.25) is 0 Å². The minimum Gasteiger partial charge on any atom is -0.497 e. The summed E-state index contributed by atoms with van der Waals surface area (Å²) in [5.41, 5.74) is 3.78. The molecule has 0 amide bonds. The van der Waals surface area contributed by atoms with E-state index in [-0.39, 0.29) is 0 Å². The van der Waals surface area contributed by atoms with Crippen LogP contribution in [-0.2, 0) is 5.88 Å². The first-order valence-corrected chi connectivity index (χ1v) is 6.81. The molecule has 4 nitrogen and oxygen atoms in total. The number of pyridine rings is 1. The topological polar surface area (TPSA) is 39.9 Å². The molecule has 0 saturated carbocycles. The van der Waals surface area contributed by atoms with Crippen molar-refractivity contribution in [3.05, 3.63) is 47.9 Å². The molecular weight excluding hydrogens is 274 g/mol. The minimum absolute atomic E-state index is 0.335. The number of benzene rings is 1. The smallest absolute Gasteiger partial charge is 0.164 e. The first-order valence-electron chi connectivity index (χ1n) is 6.28. The maximum atomic E-state index is 6.03. The first kappa shape index (κ1) is 12.9. The second-order valence-corrected chi connectivity index (χ2v) is 4.76. The lowest BCUT2D eigenvalue weighted by atomic mass is 10.2. The van der Waals surface area contributed by atoms with Crippen LogP contribution in [0.1, 0.15) is 11.4 Å². The van der Waals surface area contributed by atoms with Crippen molar-refractivity contribution >= 4 is 22.8 Å². The lowest BCUT2D eigenvalue weighted by Crippen LogP contribution is -2.00. The number of aryl methyl sites for hydroxylation is 1. The summed E-state index contributed by atoms with van der Waals surface area (Å²) >= 11 is 6.03. The summed E-state index contributed by atoms with van der Waals surface area (Å²) in [6.45, 7) is 2.02. The Labute approximate surface area is 122 Å². The summed E-state index contributed by atoms with van der Waals surface area (Å²) in [7, 11) is 1.65. The number of nitrogens with zero attached hydrogens (tertiary/aromatic N) is 3. The Bertz CT molecular complexity index is 750. The molecule has 0 spiro atoms. The number of methoxy groups -OCH3 is 1. The van der Waals surface area contributed by atoms with E-state index in [1.54, 1.807) is 13.3 Å². The van der Waals surface area contributed by atoms with Crippen LogP contribution in [0.15, 0.2) is 36.5 Å². The van der Waals surface area contributed by atoms with Crippen molar-refractivity contribution in [3.8, 4) is 11.4 Å². The van der Waals surface area contributed by atoms with Crippen LogP contribution in [0.2, 0.25) is 0 Å². The predicted molar refractivity (Wildman–Crippen MR) is 79.7 cm³/mol. The predicted octanol–water partition coefficient (Wildman–Crippen LogP) is 3.48. The van der Waals surface area contributed by atoms with Crippen LogP contribution in [0.5, 0.6) is 5.75 Å². The third-order valence-corrected chi connectivity index (χ3v) is 3.51. The number of fused-ring (bicyclic) bond motifs is 1. The zero-order chi connectivity index (χ0) is 14.1. The molecule has 0 fully saturated rings. The molecule has 5 heteroatoms. The Morgan fingerprint density at radius 1 is 1.20 bits per heavy atom. The van der Waals surface area contributed by atoms with Crippen molar-refractivity contribution in [2.24, 2.45) is 0 Å². The van der Waals surface area contributed by atoms with E-state index >= 15 is 0 Å². The van der Waals surface area contributed by atoms with E-state index < -0.39 is 0 Å². The lowest BCUT2D eigenvalue weighted by molar-refractivity contribution is 0.414. The van der Waals surface area contributed by atoms with Gasteiger partial charge in [0.05, 0.1) is 13.0 Å². The first-order chi connectivity index (χ1) is 9.74. The van der Waals surface area contributed by atoms with Crippen LogP contribution in [-0.4, -0.2) is 21.6 Å². The molecule has 20 heavy (non-hydrogen) atoms. The molecule has 0 N–H and O–H groups in total. The van der Waals surface area contributed by atoms with Gasteiger partial charge < -0.3 is 4.74 Å². The van der Waals surface area contributed by atoms with Gasteiger partial charge in [-0.05, 0) is 42.8 Å². The molecular formula is C15H14ClN3O. The summed E-state index contributed by atoms with van der Waals surface area (Å²) in [5.74, 6) is 1.94. The van der Waals surface area contributed by atoms with Crippen LogP contribution < -0.4 is 4.74 Å². The summed E-state index contributed by atoms with van der Waals surface area (Å²) in [5, 5.41) is 0. The molecule has 2 heterocycles. The Morgan fingerprint density at radius 2 is 1.95 bits per heavy atom. The molecule has 0 aliphatic heterocycles. The highest BCUT2D eigenvalue weighted by molar-refractivity contribution is 6.17. The van der Waals surface area contributed by atoms with Gasteiger partial charge in [0.25, 0.3) is 0 Å². The Balaban J connectivity index is 2.25. The largest absolute Gasteiger partial charge is 0.497 e. The number of aromatic nitrogens is 3. The van der Waals surface area contributed by atoms with Crippen LogP contribution in [0.3, 0.4) is 0 Å². The van der Waals surface area contributed by atoms with E-state index in [1.807, 2.05) is 41.8 Å². The molecule has 2 aromatic heterocycles. The molecule has 0 saturated heterocycles. The molecule has 0 bridgehead atoms. The quantitative estimate of drug-likeness (QED) is 0.693. The third kappa shape index (κ3) is 2.02. The number of alkyl halides is 1. The Kier molecular flexibility index (Phi) is 3.32. The maximum absolute atomic E-state index is 6.03. The molecule has 102 valence electrons. The van der Waals surface area contributed by atoms with Crippen molar-refractivity contribution in [2.45, 2.75) is 12.8 Å². The van der Waals surface area contributed by atoms with E-state index in [2.05, 4.69) is 9.97 Å². The van der Waals surface area contributed by atoms with Gasteiger partial charge in [-0.15, -0.1) is 11.6 Å². The van der Waals surface area contributed by atoms with E-state index in [9.17, 15) is 0 Å². The van der Waals surface area contributed by atoms with Crippen molar-refractivity contribution < 1.29 is 4.74 Å². The number of halogens is 1. The summed E-state index contributed by atoms with van der Waals surface area (Å²) in [4.78, 5) is 9.03. The summed E-state index contributed by atoms with van der Waals surface area (Å²) in [6, 6.07) is 9.72. The van der Waals surface area contributed by atoms with Crippen molar-refractivity contribution in [1.82, 2.24) is 14.5 Å². The second-order valence-electron chi connectivity index (χ2n) is 4.50. The van der Waals surface area contributed by atoms with Gasteiger partial charge in [-0.2, -0.15) is 0 Å². The number of hydrogen-bond donors (Lipinski definition) is 0. The average Bonchev–Trinajstić information content (AvgIpc) is 2.87. The second kappa shape index (κ2) is 5.13. The summed E-state index contributed by atoms with van der Waals surface area (Å²) < 4.78 is 7.16. The Morgan fingerprint density at radius 3 is 2.60 bits per heavy atom. The van der Waals surface area contributed by atoms with E-state index in [1.165, 1.54) is 0 Å². The van der Waals surface area contributed by atoms with Gasteiger partial charge in [-0.25, -0.2) is 9.97 Å². The standard InChI is InChI=1S/C15H14ClN3O/c1-10-7-8-17-15-14(10)18-13(9-16)19(15)11-3-5-12(20-2)6-4-11/h3-8H,9H2,1-2H3. The van der Waals surface area contributed by atoms with Gasteiger partial charge in [0, 0.05) is 11.9 Å². The number of hydrogen-bond acceptors (Lipinski definition) is 3. The lowest BCUT2D eigenvalue weighted by Gasteiger charge is -2.08. The molecule has 0 unspecified atom stereocenters. The molecule has 3 aromatic rings. The fourth-order valence-corrected chi connectivity index (χ4v) is 2.41. The maximum Gasteiger partial charge on any atom is 0.164 e. The van der Waals surface area contributed by atoms with E-state index in [4.69, 9.17) is 16.3 Å². The highest BCUT2D eigenvalue weighted by atomic mass is 35.5. The average molecular weight is 288 g/mol. The normalized spacial score (nSPS) is 10.9. The summed E-state index contributed by atoms with van der Waals surface area (Å²) in [6.07, 6.45) is 1.79. The van der Waals surface area contributed by atoms with Gasteiger partial charge in [-0.3, -0.25) is 4.57 Å². The van der Waals surface area contributed by atoms with Crippen molar-refractivity contribution in [2.75, 3.05) is 7.11 Å². The zero-order valence-electron chi connectivity index (χ0n) is 11.3. The fourth-order valence-electron chi connectivity index (χ4n) is 2.23. The van der Waals surface area contributed by atoms with Gasteiger partial charge >= 0.3 is 0 Å². The molecule has 0 aliphatic carbocycles.